The molecule has 18 nitrogen and oxygen atoms in total. The predicted octanol–water partition coefficient (Wildman–Crippen LogP) is 30.2. The number of furan rings is 2. The first-order valence-electron chi connectivity index (χ1n) is 48.1. The lowest BCUT2D eigenvalue weighted by molar-refractivity contribution is 0.589. The third kappa shape index (κ3) is 15.6. The van der Waals surface area contributed by atoms with Gasteiger partial charge in [0.05, 0.1) is 45.2 Å². The Morgan fingerprint density at radius 2 is 0.504 bits per heavy atom. The Kier molecular flexibility index (Phi) is 24.2. The monoisotopic (exact) mass is 1870 g/mol. The summed E-state index contributed by atoms with van der Waals surface area (Å²) in [5.74, 6) is 4.44. The third-order valence-electron chi connectivity index (χ3n) is 29.0. The summed E-state index contributed by atoms with van der Waals surface area (Å²) in [6.07, 6.45) is 2.18. The summed E-state index contributed by atoms with van der Waals surface area (Å²) in [6, 6.07) is 134. The smallest absolute Gasteiger partial charge is 0.226 e. The van der Waals surface area contributed by atoms with Crippen molar-refractivity contribution in [3.05, 3.63) is 382 Å². The number of anilines is 21. The lowest BCUT2D eigenvalue weighted by Gasteiger charge is -2.29. The largest absolute Gasteiger partial charge is 0.438 e. The standard InChI is InChI=1S/2C18H19N3.2C17H16N2O.2C17H16N2S.C15H16N2/c1-13-19(2)18-17(21(13)14-9-5-4-6-10-14)15-11-7-8-12-16(15)20(18)3;1-13-19(2)17-15-11-7-8-12-16(15)20(3)18(17)21(13)14-9-5-4-6-10-14;1-12-18(2)17-16(14-10-6-7-11-15(14)20-17)19(12)13-8-4-3-5-9-13;1-12-18(2)16-14-10-6-7-11-15(14)20-17(16)19(12)13-8-4-3-5-9-13;1-12-18(2)17-16(14-10-6-7-11-15(14)20-17)19(12)13-8-4-3-5-9-13;1-12-18(2)16-14-10-6-7-11-15(14)20-17(16)19(12)13-8-4-3-5-9-13;1-12-16(2)14-10-6-7-11-15(14)17(12)13-8-4-3-5-9-13/h2*4-13H,1-3H3;4*3-12H,1-2H3;3-12H,1-2H3. The minimum Gasteiger partial charge on any atom is -0.438 e. The number of hydrogen-bond donors (Lipinski definition) is 0. The van der Waals surface area contributed by atoms with Gasteiger partial charge in [-0.1, -0.05) is 237 Å². The van der Waals surface area contributed by atoms with E-state index in [-0.39, 0.29) is 12.3 Å². The number of para-hydroxylation sites is 13. The predicted molar refractivity (Wildman–Crippen MR) is 593 cm³/mol. The molecule has 13 heterocycles. The summed E-state index contributed by atoms with van der Waals surface area (Å²) >= 11 is 3.76. The molecule has 6 aromatic heterocycles. The van der Waals surface area contributed by atoms with Crippen molar-refractivity contribution in [2.75, 3.05) is 118 Å². The first kappa shape index (κ1) is 89.9. The summed E-state index contributed by atoms with van der Waals surface area (Å²) in [5, 5.41) is 10.4. The molecule has 7 aliphatic rings. The zero-order valence-electron chi connectivity index (χ0n) is 81.7. The summed E-state index contributed by atoms with van der Waals surface area (Å²) in [7, 11) is 19.4. The molecule has 0 radical (unpaired) electrons. The van der Waals surface area contributed by atoms with E-state index >= 15 is 0 Å². The highest BCUT2D eigenvalue weighted by Crippen LogP contribution is 2.58. The van der Waals surface area contributed by atoms with Crippen LogP contribution in [0.2, 0.25) is 0 Å². The van der Waals surface area contributed by atoms with Gasteiger partial charge in [-0.25, -0.2) is 0 Å². The van der Waals surface area contributed by atoms with Crippen molar-refractivity contribution in [1.82, 2.24) is 9.13 Å². The Morgan fingerprint density at radius 3 is 1.01 bits per heavy atom. The first-order valence-corrected chi connectivity index (χ1v) is 49.7. The number of fused-ring (bicyclic) bond motifs is 19. The van der Waals surface area contributed by atoms with E-state index in [4.69, 9.17) is 8.83 Å². The summed E-state index contributed by atoms with van der Waals surface area (Å²) in [6.45, 7) is 15.6. The van der Waals surface area contributed by atoms with Gasteiger partial charge in [0.15, 0.2) is 0 Å². The number of thiophene rings is 2. The molecular weight excluding hydrogens is 1750 g/mol. The molecular formula is C119H118N16O2S2. The van der Waals surface area contributed by atoms with E-state index in [2.05, 4.69) is 535 Å². The van der Waals surface area contributed by atoms with Crippen LogP contribution in [0.3, 0.4) is 0 Å². The molecule has 0 saturated carbocycles. The second-order valence-electron chi connectivity index (χ2n) is 36.6. The van der Waals surface area contributed by atoms with Crippen molar-refractivity contribution in [2.24, 2.45) is 14.1 Å². The molecule has 0 fully saturated rings. The Hall–Kier alpha value is -15.6. The SMILES string of the molecule is CC1N(C)c2c(c3ccccc3n2C)N1c1ccccc1.CC1N(C)c2c(n(C)c3ccccc23)N1c1ccccc1.CC1N(C)c2c(oc3ccccc23)N1c1ccccc1.CC1N(C)c2c(sc3ccccc23)N1c1ccccc1.CC1N(C)c2ccccc2N1c1ccccc1.CC1N(C)c2oc3ccccc3c2N1c1ccccc1.CC1N(C)c2sc3ccccc3c2N1c1ccccc1. The fourth-order valence-electron chi connectivity index (χ4n) is 21.3. The average molecular weight is 1870 g/mol. The van der Waals surface area contributed by atoms with Crippen molar-refractivity contribution in [1.29, 1.82) is 0 Å². The topological polar surface area (TPSA) is 81.5 Å². The van der Waals surface area contributed by atoms with Gasteiger partial charge in [-0.15, -0.1) is 22.7 Å². The van der Waals surface area contributed by atoms with E-state index in [0.29, 0.717) is 30.8 Å². The van der Waals surface area contributed by atoms with Crippen LogP contribution in [0.5, 0.6) is 0 Å². The molecule has 698 valence electrons. The fraction of sp³-hybridized carbons (Fsp3) is 0.193. The van der Waals surface area contributed by atoms with Crippen LogP contribution in [0.25, 0.3) is 63.9 Å². The van der Waals surface area contributed by atoms with Gasteiger partial charge >= 0.3 is 0 Å². The Labute approximate surface area is 823 Å². The second-order valence-corrected chi connectivity index (χ2v) is 38.7. The first-order chi connectivity index (χ1) is 67.8. The van der Waals surface area contributed by atoms with Crippen LogP contribution in [0.15, 0.2) is 391 Å². The molecule has 7 aliphatic heterocycles. The highest BCUT2D eigenvalue weighted by Gasteiger charge is 2.43. The van der Waals surface area contributed by atoms with Gasteiger partial charge in [-0.2, -0.15) is 0 Å². The Bertz CT molecular complexity index is 7460. The molecule has 0 spiro atoms. The molecule has 14 aromatic carbocycles. The minimum absolute atomic E-state index is 0.246. The molecule has 7 atom stereocenters. The Morgan fingerprint density at radius 1 is 0.194 bits per heavy atom. The number of rotatable bonds is 7. The zero-order valence-corrected chi connectivity index (χ0v) is 83.3. The van der Waals surface area contributed by atoms with Crippen molar-refractivity contribution < 1.29 is 8.83 Å². The molecule has 139 heavy (non-hydrogen) atoms. The van der Waals surface area contributed by atoms with Gasteiger partial charge in [0.1, 0.15) is 87.3 Å². The minimum atomic E-state index is 0.246. The van der Waals surface area contributed by atoms with Crippen molar-refractivity contribution in [3.63, 3.8) is 0 Å². The van der Waals surface area contributed by atoms with E-state index in [1.165, 1.54) is 154 Å². The molecule has 20 aromatic rings. The molecule has 0 saturated heterocycles. The van der Waals surface area contributed by atoms with Crippen molar-refractivity contribution in [3.8, 4) is 0 Å². The van der Waals surface area contributed by atoms with Crippen LogP contribution in [-0.2, 0) is 14.1 Å². The molecule has 0 aliphatic carbocycles. The maximum atomic E-state index is 6.10. The van der Waals surface area contributed by atoms with Crippen LogP contribution in [0.4, 0.5) is 119 Å². The average Bonchev–Trinajstić information content (AvgIpc) is 1.57. The number of aryl methyl sites for hydroxylation is 2. The number of benzene rings is 14. The maximum Gasteiger partial charge on any atom is 0.226 e. The molecule has 27 rings (SSSR count). The summed E-state index contributed by atoms with van der Waals surface area (Å²) in [5.41, 5.74) is 23.3. The van der Waals surface area contributed by atoms with E-state index in [0.717, 1.165) is 28.6 Å². The third-order valence-corrected chi connectivity index (χ3v) is 31.4. The molecule has 0 N–H and O–H groups in total. The van der Waals surface area contributed by atoms with E-state index < -0.39 is 0 Å². The summed E-state index contributed by atoms with van der Waals surface area (Å²) < 4.78 is 19.4. The maximum absolute atomic E-state index is 6.10. The molecule has 20 heteroatoms. The van der Waals surface area contributed by atoms with Crippen molar-refractivity contribution >= 4 is 205 Å². The van der Waals surface area contributed by atoms with E-state index in [9.17, 15) is 0 Å². The zero-order chi connectivity index (χ0) is 95.7. The van der Waals surface area contributed by atoms with Gasteiger partial charge in [0, 0.05) is 145 Å². The van der Waals surface area contributed by atoms with Crippen LogP contribution in [0.1, 0.15) is 48.5 Å². The van der Waals surface area contributed by atoms with Crippen LogP contribution in [0, 0.1) is 0 Å². The Balaban J connectivity index is 0.0000000965. The number of nitrogens with zero attached hydrogens (tertiary/aromatic N) is 16. The van der Waals surface area contributed by atoms with Gasteiger partial charge < -0.3 is 81.7 Å². The highest BCUT2D eigenvalue weighted by atomic mass is 32.1. The fourth-order valence-corrected chi connectivity index (χ4v) is 23.8. The lowest BCUT2D eigenvalue weighted by Crippen LogP contribution is -2.36. The van der Waals surface area contributed by atoms with Gasteiger partial charge in [0.25, 0.3) is 0 Å². The molecule has 0 bridgehead atoms. The van der Waals surface area contributed by atoms with Crippen LogP contribution < -0.4 is 68.6 Å². The van der Waals surface area contributed by atoms with Gasteiger partial charge in [0.2, 0.25) is 11.8 Å². The van der Waals surface area contributed by atoms with Crippen LogP contribution >= 0.6 is 22.7 Å². The number of hydrogen-bond acceptors (Lipinski definition) is 18. The molecule has 0 amide bonds. The van der Waals surface area contributed by atoms with Gasteiger partial charge in [-0.05, 0) is 194 Å². The highest BCUT2D eigenvalue weighted by molar-refractivity contribution is 7.24. The van der Waals surface area contributed by atoms with E-state index in [1.807, 2.05) is 59.1 Å². The second kappa shape index (κ2) is 37.5. The normalized spacial score (nSPS) is 17.8. The summed E-state index contributed by atoms with van der Waals surface area (Å²) in [4.78, 5) is 32.9. The van der Waals surface area contributed by atoms with Crippen LogP contribution in [-0.4, -0.2) is 102 Å². The van der Waals surface area contributed by atoms with Gasteiger partial charge in [-0.3, -0.25) is 4.90 Å². The van der Waals surface area contributed by atoms with Crippen molar-refractivity contribution in [2.45, 2.75) is 91.6 Å². The molecule has 7 unspecified atom stereocenters. The number of aromatic nitrogens is 2. The van der Waals surface area contributed by atoms with E-state index in [1.54, 1.807) is 0 Å². The quantitative estimate of drug-likeness (QED) is 0.152. The lowest BCUT2D eigenvalue weighted by atomic mass is 10.2.